The van der Waals surface area contributed by atoms with E-state index in [1.165, 1.54) is 10.4 Å². The van der Waals surface area contributed by atoms with Gasteiger partial charge in [-0.15, -0.1) is 0 Å². The van der Waals surface area contributed by atoms with Crippen LogP contribution in [-0.4, -0.2) is 51.4 Å². The summed E-state index contributed by atoms with van der Waals surface area (Å²) in [7, 11) is 0.111. The van der Waals surface area contributed by atoms with Crippen molar-refractivity contribution in [2.24, 2.45) is 11.7 Å². The average Bonchev–Trinajstić information content (AvgIpc) is 2.95. The Bertz CT molecular complexity index is 573. The van der Waals surface area contributed by atoms with Gasteiger partial charge in [0.25, 0.3) is 0 Å². The molecule has 1 unspecified atom stereocenters. The summed E-state index contributed by atoms with van der Waals surface area (Å²) in [6.07, 6.45) is 1.02. The molecule has 6 nitrogen and oxygen atoms in total. The van der Waals surface area contributed by atoms with Gasteiger partial charge < -0.3 is 15.1 Å². The number of likely N-dealkylation sites (tertiary alicyclic amines) is 1. The summed E-state index contributed by atoms with van der Waals surface area (Å²) in [6, 6.07) is 1.48. The van der Waals surface area contributed by atoms with Gasteiger partial charge in [0.05, 0.1) is 6.54 Å². The Morgan fingerprint density at radius 2 is 2.30 bits per heavy atom. The molecule has 114 valence electrons. The van der Waals surface area contributed by atoms with Crippen LogP contribution in [0.1, 0.15) is 12.2 Å². The van der Waals surface area contributed by atoms with Crippen LogP contribution in [-0.2, 0) is 16.6 Å². The van der Waals surface area contributed by atoms with Crippen molar-refractivity contribution >= 4 is 26.0 Å². The minimum absolute atomic E-state index is 0.145. The molecule has 20 heavy (non-hydrogen) atoms. The maximum atomic E-state index is 12.5. The van der Waals surface area contributed by atoms with Crippen LogP contribution >= 0.6 is 15.9 Å². The Hall–Kier alpha value is -0.410. The number of rotatable bonds is 5. The monoisotopic (exact) mass is 365 g/mol. The van der Waals surface area contributed by atoms with Crippen molar-refractivity contribution in [3.8, 4) is 0 Å². The molecule has 0 radical (unpaired) electrons. The van der Waals surface area contributed by atoms with Crippen molar-refractivity contribution < 1.29 is 12.8 Å². The summed E-state index contributed by atoms with van der Waals surface area (Å²) in [5, 5.41) is 0. The van der Waals surface area contributed by atoms with Gasteiger partial charge in [-0.05, 0) is 41.9 Å². The number of furan rings is 1. The highest BCUT2D eigenvalue weighted by atomic mass is 79.9. The molecule has 1 atom stereocenters. The first-order chi connectivity index (χ1) is 9.34. The molecule has 1 aromatic rings. The second-order valence-electron chi connectivity index (χ2n) is 5.26. The summed E-state index contributed by atoms with van der Waals surface area (Å²) >= 11 is 3.15. The fourth-order valence-electron chi connectivity index (χ4n) is 2.48. The van der Waals surface area contributed by atoms with Crippen molar-refractivity contribution in [1.29, 1.82) is 0 Å². The van der Waals surface area contributed by atoms with Crippen LogP contribution in [0, 0.1) is 5.92 Å². The number of nitrogens with zero attached hydrogens (tertiary/aromatic N) is 2. The molecule has 2 rings (SSSR count). The summed E-state index contributed by atoms with van der Waals surface area (Å²) in [4.78, 5) is 2.36. The van der Waals surface area contributed by atoms with Gasteiger partial charge in [0.1, 0.15) is 10.7 Å². The van der Waals surface area contributed by atoms with Crippen molar-refractivity contribution in [3.05, 3.63) is 16.5 Å². The quantitative estimate of drug-likeness (QED) is 0.844. The van der Waals surface area contributed by atoms with E-state index >= 15 is 0 Å². The normalized spacial score (nSPS) is 20.9. The second-order valence-corrected chi connectivity index (χ2v) is 7.99. The predicted molar refractivity (Wildman–Crippen MR) is 79.7 cm³/mol. The van der Waals surface area contributed by atoms with Crippen LogP contribution in [0.3, 0.4) is 0 Å². The molecule has 1 aromatic heterocycles. The lowest BCUT2D eigenvalue weighted by atomic mass is 10.1. The van der Waals surface area contributed by atoms with Gasteiger partial charge in [-0.1, -0.05) is 0 Å². The minimum Gasteiger partial charge on any atom is -0.452 e. The third-order valence-electron chi connectivity index (χ3n) is 3.60. The van der Waals surface area contributed by atoms with Crippen LogP contribution in [0.25, 0.3) is 0 Å². The fourth-order valence-corrected chi connectivity index (χ4v) is 4.68. The number of sulfonamides is 1. The van der Waals surface area contributed by atoms with E-state index in [1.807, 2.05) is 0 Å². The van der Waals surface area contributed by atoms with Crippen LogP contribution in [0.15, 0.2) is 20.0 Å². The van der Waals surface area contributed by atoms with Gasteiger partial charge in [0, 0.05) is 26.2 Å². The van der Waals surface area contributed by atoms with Crippen LogP contribution < -0.4 is 5.73 Å². The lowest BCUT2D eigenvalue weighted by Crippen LogP contribution is -2.32. The van der Waals surface area contributed by atoms with Crippen molar-refractivity contribution in [2.75, 3.05) is 33.7 Å². The summed E-state index contributed by atoms with van der Waals surface area (Å²) in [5.41, 5.74) is 5.47. The molecule has 1 aliphatic heterocycles. The van der Waals surface area contributed by atoms with Gasteiger partial charge in [-0.3, -0.25) is 0 Å². The van der Waals surface area contributed by atoms with Crippen LogP contribution in [0.5, 0.6) is 0 Å². The van der Waals surface area contributed by atoms with E-state index in [9.17, 15) is 8.42 Å². The zero-order valence-electron chi connectivity index (χ0n) is 11.7. The number of hydrogen-bond acceptors (Lipinski definition) is 5. The Balaban J connectivity index is 2.14. The van der Waals surface area contributed by atoms with Gasteiger partial charge in [-0.25, -0.2) is 12.7 Å². The summed E-state index contributed by atoms with van der Waals surface area (Å²) in [6.45, 7) is 2.64. The van der Waals surface area contributed by atoms with E-state index in [2.05, 4.69) is 27.9 Å². The first-order valence-electron chi connectivity index (χ1n) is 6.47. The Morgan fingerprint density at radius 1 is 1.60 bits per heavy atom. The Morgan fingerprint density at radius 3 is 2.80 bits per heavy atom. The number of nitrogens with two attached hydrogens (primary N) is 1. The lowest BCUT2D eigenvalue weighted by molar-refractivity contribution is 0.356. The minimum atomic E-state index is -3.55. The van der Waals surface area contributed by atoms with Gasteiger partial charge in [-0.2, -0.15) is 0 Å². The van der Waals surface area contributed by atoms with Crippen molar-refractivity contribution in [3.63, 3.8) is 0 Å². The van der Waals surface area contributed by atoms with Gasteiger partial charge in [0.15, 0.2) is 4.67 Å². The topological polar surface area (TPSA) is 79.8 Å². The molecule has 0 spiro atoms. The molecule has 2 heterocycles. The maximum absolute atomic E-state index is 12.5. The van der Waals surface area contributed by atoms with E-state index in [1.54, 1.807) is 7.05 Å². The van der Waals surface area contributed by atoms with E-state index < -0.39 is 10.0 Å². The first-order valence-corrected chi connectivity index (χ1v) is 8.71. The van der Waals surface area contributed by atoms with Crippen molar-refractivity contribution in [2.45, 2.75) is 17.9 Å². The fraction of sp³-hybridized carbons (Fsp3) is 0.667. The van der Waals surface area contributed by atoms with Crippen molar-refractivity contribution in [1.82, 2.24) is 9.21 Å². The maximum Gasteiger partial charge on any atom is 0.247 e. The Labute approximate surface area is 128 Å². The Kier molecular flexibility index (Phi) is 4.91. The van der Waals surface area contributed by atoms with Crippen LogP contribution in [0.2, 0.25) is 0 Å². The molecular formula is C12H20BrN3O3S. The largest absolute Gasteiger partial charge is 0.452 e. The summed E-state index contributed by atoms with van der Waals surface area (Å²) < 4.78 is 31.9. The zero-order valence-corrected chi connectivity index (χ0v) is 14.1. The molecule has 0 bridgehead atoms. The lowest BCUT2D eigenvalue weighted by Gasteiger charge is -2.20. The van der Waals surface area contributed by atoms with Gasteiger partial charge in [0.2, 0.25) is 10.0 Å². The highest BCUT2D eigenvalue weighted by Crippen LogP contribution is 2.29. The molecule has 1 fully saturated rings. The second kappa shape index (κ2) is 6.15. The van der Waals surface area contributed by atoms with Gasteiger partial charge >= 0.3 is 0 Å². The summed E-state index contributed by atoms with van der Waals surface area (Å²) in [5.74, 6) is 0.823. The number of halogens is 1. The third kappa shape index (κ3) is 3.25. The highest BCUT2D eigenvalue weighted by Gasteiger charge is 2.30. The predicted octanol–water partition coefficient (Wildman–Crippen LogP) is 1.07. The molecule has 1 saturated heterocycles. The molecular weight excluding hydrogens is 346 g/mol. The van der Waals surface area contributed by atoms with E-state index in [0.29, 0.717) is 18.2 Å². The smallest absolute Gasteiger partial charge is 0.247 e. The molecule has 0 amide bonds. The average molecular weight is 366 g/mol. The SMILES string of the molecule is CN1CCC(CN(C)S(=O)(=O)c2cc(CN)oc2Br)C1. The van der Waals surface area contributed by atoms with E-state index in [-0.39, 0.29) is 16.1 Å². The molecule has 1 aliphatic rings. The highest BCUT2D eigenvalue weighted by molar-refractivity contribution is 9.10. The van der Waals surface area contributed by atoms with E-state index in [0.717, 1.165) is 19.5 Å². The first kappa shape index (κ1) is 16.0. The number of hydrogen-bond donors (Lipinski definition) is 1. The zero-order chi connectivity index (χ0) is 14.9. The molecule has 0 aromatic carbocycles. The molecule has 8 heteroatoms. The molecule has 0 saturated carbocycles. The molecule has 2 N–H and O–H groups in total. The molecule has 0 aliphatic carbocycles. The van der Waals surface area contributed by atoms with Crippen LogP contribution in [0.4, 0.5) is 0 Å². The van der Waals surface area contributed by atoms with E-state index in [4.69, 9.17) is 10.2 Å². The standard InChI is InChI=1S/C12H20BrN3O3S/c1-15-4-3-9(7-15)8-16(2)20(17,18)11-5-10(6-14)19-12(11)13/h5,9H,3-4,6-8,14H2,1-2H3. The third-order valence-corrected chi connectivity index (χ3v) is 6.28.